The zero-order chi connectivity index (χ0) is 18.9. The first kappa shape index (κ1) is 19.4. The van der Waals surface area contributed by atoms with Gasteiger partial charge < -0.3 is 14.8 Å². The van der Waals surface area contributed by atoms with E-state index in [4.69, 9.17) is 9.47 Å². The van der Waals surface area contributed by atoms with E-state index in [0.717, 1.165) is 10.4 Å². The average molecular weight is 373 g/mol. The number of ether oxygens (including phenoxy) is 2. The van der Waals surface area contributed by atoms with Crippen LogP contribution < -0.4 is 5.32 Å². The molecule has 0 saturated heterocycles. The molecule has 26 heavy (non-hydrogen) atoms. The highest BCUT2D eigenvalue weighted by molar-refractivity contribution is 7.20. The molecule has 0 radical (unpaired) electrons. The number of allylic oxidation sites excluding steroid dienone is 1. The van der Waals surface area contributed by atoms with Crippen LogP contribution in [0.1, 0.15) is 24.2 Å². The lowest BCUT2D eigenvalue weighted by atomic mass is 10.1. The van der Waals surface area contributed by atoms with Gasteiger partial charge >= 0.3 is 11.9 Å². The Morgan fingerprint density at radius 3 is 2.54 bits per heavy atom. The molecule has 0 aliphatic carbocycles. The number of anilines is 1. The minimum absolute atomic E-state index is 0.226. The number of carbonyl (C=O) groups is 3. The molecule has 0 saturated carbocycles. The molecule has 0 aliphatic rings. The largest absolute Gasteiger partial charge is 0.462 e. The van der Waals surface area contributed by atoms with Crippen LogP contribution in [0.2, 0.25) is 0 Å². The molecule has 0 unspecified atom stereocenters. The molecular weight excluding hydrogens is 354 g/mol. The van der Waals surface area contributed by atoms with E-state index in [9.17, 15) is 14.4 Å². The summed E-state index contributed by atoms with van der Waals surface area (Å²) in [5, 5.41) is 2.97. The standard InChI is InChI=1S/C19H19NO5S/c1-3-8-17(22)25-12-16(21)20-18-14(19(23)24-4-2)11-15(26-18)13-9-6-5-7-10-13/h3,5-11H,4,12H2,1-2H3,(H,20,21)/b8-3+. The lowest BCUT2D eigenvalue weighted by Crippen LogP contribution is -2.20. The summed E-state index contributed by atoms with van der Waals surface area (Å²) in [5.74, 6) is -1.66. The van der Waals surface area contributed by atoms with Gasteiger partial charge in [0.2, 0.25) is 0 Å². The predicted octanol–water partition coefficient (Wildman–Crippen LogP) is 3.65. The van der Waals surface area contributed by atoms with Crippen LogP contribution in [0.15, 0.2) is 48.6 Å². The van der Waals surface area contributed by atoms with Crippen LogP contribution in [0.5, 0.6) is 0 Å². The normalized spacial score (nSPS) is 10.5. The monoisotopic (exact) mass is 373 g/mol. The molecule has 6 nitrogen and oxygen atoms in total. The first-order valence-electron chi connectivity index (χ1n) is 8.00. The number of esters is 2. The molecule has 1 amide bonds. The second kappa shape index (κ2) is 9.53. The first-order valence-corrected chi connectivity index (χ1v) is 8.82. The highest BCUT2D eigenvalue weighted by Gasteiger charge is 2.20. The van der Waals surface area contributed by atoms with E-state index in [2.05, 4.69) is 5.32 Å². The van der Waals surface area contributed by atoms with Crippen LogP contribution in [0.4, 0.5) is 5.00 Å². The fourth-order valence-corrected chi connectivity index (χ4v) is 3.14. The zero-order valence-electron chi connectivity index (χ0n) is 14.5. The Morgan fingerprint density at radius 2 is 1.88 bits per heavy atom. The first-order chi connectivity index (χ1) is 12.5. The Hall–Kier alpha value is -2.93. The zero-order valence-corrected chi connectivity index (χ0v) is 15.3. The van der Waals surface area contributed by atoms with Gasteiger partial charge in [-0.3, -0.25) is 4.79 Å². The maximum Gasteiger partial charge on any atom is 0.341 e. The summed E-state index contributed by atoms with van der Waals surface area (Å²) in [6, 6.07) is 11.2. The summed E-state index contributed by atoms with van der Waals surface area (Å²) in [7, 11) is 0. The second-order valence-corrected chi connectivity index (χ2v) is 6.15. The number of hydrogen-bond acceptors (Lipinski definition) is 6. The SMILES string of the molecule is C/C=C/C(=O)OCC(=O)Nc1sc(-c2ccccc2)cc1C(=O)OCC. The fourth-order valence-electron chi connectivity index (χ4n) is 2.07. The molecule has 0 fully saturated rings. The summed E-state index contributed by atoms with van der Waals surface area (Å²) in [5.41, 5.74) is 1.19. The third-order valence-electron chi connectivity index (χ3n) is 3.19. The smallest absolute Gasteiger partial charge is 0.341 e. The van der Waals surface area contributed by atoms with E-state index < -0.39 is 24.5 Å². The summed E-state index contributed by atoms with van der Waals surface area (Å²) >= 11 is 1.25. The summed E-state index contributed by atoms with van der Waals surface area (Å²) in [4.78, 5) is 36.3. The third-order valence-corrected chi connectivity index (χ3v) is 4.29. The van der Waals surface area contributed by atoms with Crippen molar-refractivity contribution in [2.75, 3.05) is 18.5 Å². The molecule has 0 atom stereocenters. The highest BCUT2D eigenvalue weighted by atomic mass is 32.1. The number of amides is 1. The van der Waals surface area contributed by atoms with Crippen molar-refractivity contribution in [3.63, 3.8) is 0 Å². The van der Waals surface area contributed by atoms with E-state index in [1.165, 1.54) is 23.5 Å². The number of carbonyl (C=O) groups excluding carboxylic acids is 3. The van der Waals surface area contributed by atoms with Gasteiger partial charge in [0, 0.05) is 11.0 Å². The van der Waals surface area contributed by atoms with Crippen molar-refractivity contribution in [3.8, 4) is 10.4 Å². The van der Waals surface area contributed by atoms with E-state index in [-0.39, 0.29) is 12.2 Å². The Morgan fingerprint density at radius 1 is 1.15 bits per heavy atom. The molecule has 136 valence electrons. The molecule has 2 aromatic rings. The molecule has 7 heteroatoms. The molecule has 1 N–H and O–H groups in total. The number of hydrogen-bond donors (Lipinski definition) is 1. The number of nitrogens with one attached hydrogen (secondary N) is 1. The van der Waals surface area contributed by atoms with Gasteiger partial charge in [-0.25, -0.2) is 9.59 Å². The van der Waals surface area contributed by atoms with Gasteiger partial charge in [0.15, 0.2) is 6.61 Å². The molecule has 0 spiro atoms. The topological polar surface area (TPSA) is 81.7 Å². The molecule has 1 aromatic carbocycles. The Balaban J connectivity index is 2.19. The van der Waals surface area contributed by atoms with Crippen LogP contribution >= 0.6 is 11.3 Å². The minimum Gasteiger partial charge on any atom is -0.462 e. The highest BCUT2D eigenvalue weighted by Crippen LogP contribution is 2.35. The summed E-state index contributed by atoms with van der Waals surface area (Å²) in [6.07, 6.45) is 2.74. The van der Waals surface area contributed by atoms with Crippen molar-refractivity contribution in [1.82, 2.24) is 0 Å². The molecule has 0 aliphatic heterocycles. The molecular formula is C19H19NO5S. The lowest BCUT2D eigenvalue weighted by molar-refractivity contribution is -0.142. The number of benzene rings is 1. The second-order valence-electron chi connectivity index (χ2n) is 5.10. The van der Waals surface area contributed by atoms with Crippen molar-refractivity contribution < 1.29 is 23.9 Å². The van der Waals surface area contributed by atoms with Gasteiger partial charge in [0.05, 0.1) is 12.2 Å². The van der Waals surface area contributed by atoms with Crippen molar-refractivity contribution >= 4 is 34.2 Å². The van der Waals surface area contributed by atoms with Gasteiger partial charge in [-0.15, -0.1) is 11.3 Å². The Bertz CT molecular complexity index is 811. The molecule has 1 heterocycles. The van der Waals surface area contributed by atoms with Crippen molar-refractivity contribution in [3.05, 3.63) is 54.1 Å². The fraction of sp³-hybridized carbons (Fsp3) is 0.211. The maximum atomic E-state index is 12.2. The molecule has 0 bridgehead atoms. The van der Waals surface area contributed by atoms with E-state index in [1.54, 1.807) is 19.9 Å². The van der Waals surface area contributed by atoms with Crippen molar-refractivity contribution in [2.24, 2.45) is 0 Å². The average Bonchev–Trinajstić information content (AvgIpc) is 3.05. The Labute approximate surface area is 155 Å². The lowest BCUT2D eigenvalue weighted by Gasteiger charge is -2.06. The van der Waals surface area contributed by atoms with Crippen LogP contribution in [-0.4, -0.2) is 31.1 Å². The quantitative estimate of drug-likeness (QED) is 0.592. The van der Waals surface area contributed by atoms with Crippen LogP contribution in [0, 0.1) is 0 Å². The van der Waals surface area contributed by atoms with Gasteiger partial charge in [-0.2, -0.15) is 0 Å². The van der Waals surface area contributed by atoms with E-state index in [1.807, 2.05) is 30.3 Å². The number of thiophene rings is 1. The maximum absolute atomic E-state index is 12.2. The minimum atomic E-state index is -0.607. The molecule has 1 aromatic heterocycles. The summed E-state index contributed by atoms with van der Waals surface area (Å²) < 4.78 is 9.86. The van der Waals surface area contributed by atoms with Crippen LogP contribution in [0.3, 0.4) is 0 Å². The van der Waals surface area contributed by atoms with Crippen LogP contribution in [-0.2, 0) is 19.1 Å². The van der Waals surface area contributed by atoms with Crippen LogP contribution in [0.25, 0.3) is 10.4 Å². The summed E-state index contributed by atoms with van der Waals surface area (Å²) in [6.45, 7) is 3.17. The molecule has 2 rings (SSSR count). The van der Waals surface area contributed by atoms with Crippen molar-refractivity contribution in [1.29, 1.82) is 0 Å². The van der Waals surface area contributed by atoms with E-state index in [0.29, 0.717) is 5.00 Å². The van der Waals surface area contributed by atoms with Gasteiger partial charge in [0.1, 0.15) is 5.00 Å². The number of rotatable bonds is 7. The van der Waals surface area contributed by atoms with Gasteiger partial charge in [0.25, 0.3) is 5.91 Å². The van der Waals surface area contributed by atoms with E-state index >= 15 is 0 Å². The predicted molar refractivity (Wildman–Crippen MR) is 100 cm³/mol. The van der Waals surface area contributed by atoms with Gasteiger partial charge in [-0.1, -0.05) is 36.4 Å². The Kier molecular flexibility index (Phi) is 7.11. The van der Waals surface area contributed by atoms with Crippen molar-refractivity contribution in [2.45, 2.75) is 13.8 Å². The van der Waals surface area contributed by atoms with Gasteiger partial charge in [-0.05, 0) is 25.5 Å². The third kappa shape index (κ3) is 5.29.